The fourth-order valence-corrected chi connectivity index (χ4v) is 1.92. The molecule has 0 amide bonds. The van der Waals surface area contributed by atoms with E-state index in [1.807, 2.05) is 38.1 Å². The molecule has 0 aliphatic heterocycles. The summed E-state index contributed by atoms with van der Waals surface area (Å²) < 4.78 is 0. The zero-order chi connectivity index (χ0) is 15.9. The van der Waals surface area contributed by atoms with E-state index in [1.54, 1.807) is 24.3 Å². The van der Waals surface area contributed by atoms with Gasteiger partial charge in [-0.3, -0.25) is 0 Å². The second kappa shape index (κ2) is 7.41. The third-order valence-corrected chi connectivity index (χ3v) is 3.39. The van der Waals surface area contributed by atoms with Crippen molar-refractivity contribution in [2.75, 3.05) is 0 Å². The monoisotopic (exact) mass is 298 g/mol. The Hall–Kier alpha value is -2.62. The number of carbonyl (C=O) groups is 2. The summed E-state index contributed by atoms with van der Waals surface area (Å²) in [6, 6.07) is 13.9. The van der Waals surface area contributed by atoms with Crippen molar-refractivity contribution in [3.05, 3.63) is 70.8 Å². The number of rotatable bonds is 4. The Balaban J connectivity index is 1.92. The van der Waals surface area contributed by atoms with Crippen LogP contribution in [0.4, 0.5) is 0 Å². The van der Waals surface area contributed by atoms with E-state index >= 15 is 0 Å². The highest BCUT2D eigenvalue weighted by atomic mass is 17.2. The van der Waals surface area contributed by atoms with Gasteiger partial charge in [-0.2, -0.15) is 0 Å². The van der Waals surface area contributed by atoms with Gasteiger partial charge in [0, 0.05) is 0 Å². The zero-order valence-electron chi connectivity index (χ0n) is 12.7. The first-order valence-electron chi connectivity index (χ1n) is 7.25. The predicted molar refractivity (Wildman–Crippen MR) is 82.5 cm³/mol. The zero-order valence-corrected chi connectivity index (χ0v) is 12.7. The number of hydrogen-bond donors (Lipinski definition) is 0. The molecule has 2 aromatic rings. The van der Waals surface area contributed by atoms with Crippen LogP contribution in [0.5, 0.6) is 0 Å². The Bertz CT molecular complexity index is 582. The molecule has 22 heavy (non-hydrogen) atoms. The van der Waals surface area contributed by atoms with Crippen LogP contribution >= 0.6 is 0 Å². The molecule has 4 nitrogen and oxygen atoms in total. The summed E-state index contributed by atoms with van der Waals surface area (Å²) >= 11 is 0. The lowest BCUT2D eigenvalue weighted by Gasteiger charge is -2.04. The van der Waals surface area contributed by atoms with Gasteiger partial charge in [-0.15, -0.1) is 0 Å². The summed E-state index contributed by atoms with van der Waals surface area (Å²) in [7, 11) is 0. The second-order valence-corrected chi connectivity index (χ2v) is 4.84. The van der Waals surface area contributed by atoms with Crippen molar-refractivity contribution in [1.29, 1.82) is 0 Å². The summed E-state index contributed by atoms with van der Waals surface area (Å²) in [5.41, 5.74) is 2.91. The highest BCUT2D eigenvalue weighted by Gasteiger charge is 2.13. The van der Waals surface area contributed by atoms with Crippen molar-refractivity contribution in [2.24, 2.45) is 0 Å². The van der Waals surface area contributed by atoms with Crippen molar-refractivity contribution < 1.29 is 19.4 Å². The van der Waals surface area contributed by atoms with Gasteiger partial charge >= 0.3 is 11.9 Å². The molecule has 4 heteroatoms. The molecule has 0 saturated carbocycles. The quantitative estimate of drug-likeness (QED) is 0.637. The van der Waals surface area contributed by atoms with E-state index in [2.05, 4.69) is 9.78 Å². The molecule has 0 fully saturated rings. The third-order valence-electron chi connectivity index (χ3n) is 3.39. The second-order valence-electron chi connectivity index (χ2n) is 4.84. The Morgan fingerprint density at radius 2 is 1.00 bits per heavy atom. The Kier molecular flexibility index (Phi) is 5.31. The lowest BCUT2D eigenvalue weighted by molar-refractivity contribution is -0.187. The van der Waals surface area contributed by atoms with Gasteiger partial charge in [0.1, 0.15) is 0 Å². The van der Waals surface area contributed by atoms with E-state index in [-0.39, 0.29) is 0 Å². The number of hydrogen-bond acceptors (Lipinski definition) is 4. The van der Waals surface area contributed by atoms with Crippen LogP contribution in [-0.2, 0) is 22.6 Å². The third kappa shape index (κ3) is 3.95. The van der Waals surface area contributed by atoms with Crippen LogP contribution in [0.15, 0.2) is 48.5 Å². The van der Waals surface area contributed by atoms with Crippen molar-refractivity contribution in [3.8, 4) is 0 Å². The largest absolute Gasteiger partial charge is 0.386 e. The molecule has 0 bridgehead atoms. The van der Waals surface area contributed by atoms with E-state index in [1.165, 1.54) is 0 Å². The predicted octanol–water partition coefficient (Wildman–Crippen LogP) is 3.74. The molecule has 0 saturated heterocycles. The molecule has 0 aliphatic rings. The fraction of sp³-hybridized carbons (Fsp3) is 0.222. The van der Waals surface area contributed by atoms with Crippen molar-refractivity contribution in [2.45, 2.75) is 26.7 Å². The maximum atomic E-state index is 11.8. The number of benzene rings is 2. The molecule has 0 heterocycles. The van der Waals surface area contributed by atoms with E-state index in [0.29, 0.717) is 11.1 Å². The van der Waals surface area contributed by atoms with E-state index in [4.69, 9.17) is 0 Å². The molecule has 0 N–H and O–H groups in total. The van der Waals surface area contributed by atoms with Crippen LogP contribution in [0.2, 0.25) is 0 Å². The first kappa shape index (κ1) is 15.8. The molecule has 2 aromatic carbocycles. The normalized spacial score (nSPS) is 10.1. The van der Waals surface area contributed by atoms with E-state index in [0.717, 1.165) is 24.0 Å². The van der Waals surface area contributed by atoms with Crippen LogP contribution in [0.25, 0.3) is 0 Å². The topological polar surface area (TPSA) is 52.6 Å². The van der Waals surface area contributed by atoms with Gasteiger partial charge in [0.15, 0.2) is 0 Å². The van der Waals surface area contributed by atoms with Crippen LogP contribution in [0, 0.1) is 0 Å². The number of aryl methyl sites for hydroxylation is 2. The minimum absolute atomic E-state index is 0.339. The lowest BCUT2D eigenvalue weighted by atomic mass is 10.1. The fourth-order valence-electron chi connectivity index (χ4n) is 1.92. The molecule has 0 unspecified atom stereocenters. The minimum Gasteiger partial charge on any atom is -0.242 e. The van der Waals surface area contributed by atoms with Crippen molar-refractivity contribution >= 4 is 11.9 Å². The summed E-state index contributed by atoms with van der Waals surface area (Å²) in [5, 5.41) is 0. The molecular weight excluding hydrogens is 280 g/mol. The summed E-state index contributed by atoms with van der Waals surface area (Å²) in [5.74, 6) is -1.39. The molecule has 0 aromatic heterocycles. The van der Waals surface area contributed by atoms with Crippen molar-refractivity contribution in [1.82, 2.24) is 0 Å². The van der Waals surface area contributed by atoms with Crippen LogP contribution in [0.1, 0.15) is 45.7 Å². The van der Waals surface area contributed by atoms with E-state index in [9.17, 15) is 9.59 Å². The Morgan fingerprint density at radius 3 is 1.27 bits per heavy atom. The van der Waals surface area contributed by atoms with Gasteiger partial charge in [-0.1, -0.05) is 38.1 Å². The first-order valence-corrected chi connectivity index (χ1v) is 7.25. The Morgan fingerprint density at radius 1 is 0.682 bits per heavy atom. The molecular formula is C18H18O4. The van der Waals surface area contributed by atoms with Gasteiger partial charge < -0.3 is 0 Å². The SMILES string of the molecule is CCc1ccc(C(=O)OOC(=O)c2ccc(CC)cc2)cc1. The Labute approximate surface area is 129 Å². The minimum atomic E-state index is -0.693. The van der Waals surface area contributed by atoms with Crippen LogP contribution in [0.3, 0.4) is 0 Å². The lowest BCUT2D eigenvalue weighted by Crippen LogP contribution is -2.11. The first-order chi connectivity index (χ1) is 10.6. The molecule has 2 rings (SSSR count). The van der Waals surface area contributed by atoms with Gasteiger partial charge in [0.2, 0.25) is 0 Å². The van der Waals surface area contributed by atoms with Gasteiger partial charge in [-0.05, 0) is 48.2 Å². The number of carbonyl (C=O) groups excluding carboxylic acids is 2. The molecule has 0 spiro atoms. The maximum Gasteiger partial charge on any atom is 0.386 e. The van der Waals surface area contributed by atoms with Gasteiger partial charge in [0.25, 0.3) is 0 Å². The molecule has 114 valence electrons. The summed E-state index contributed by atoms with van der Waals surface area (Å²) in [6.45, 7) is 4.05. The molecule has 0 aliphatic carbocycles. The van der Waals surface area contributed by atoms with E-state index < -0.39 is 11.9 Å². The van der Waals surface area contributed by atoms with Crippen molar-refractivity contribution in [3.63, 3.8) is 0 Å². The average Bonchev–Trinajstić information content (AvgIpc) is 2.59. The maximum absolute atomic E-state index is 11.8. The summed E-state index contributed by atoms with van der Waals surface area (Å²) in [6.07, 6.45) is 1.77. The van der Waals surface area contributed by atoms with Crippen LogP contribution in [-0.4, -0.2) is 11.9 Å². The summed E-state index contributed by atoms with van der Waals surface area (Å²) in [4.78, 5) is 32.7. The van der Waals surface area contributed by atoms with Crippen LogP contribution < -0.4 is 0 Å². The molecule has 0 radical (unpaired) electrons. The highest BCUT2D eigenvalue weighted by molar-refractivity contribution is 5.92. The highest BCUT2D eigenvalue weighted by Crippen LogP contribution is 2.09. The average molecular weight is 298 g/mol. The smallest absolute Gasteiger partial charge is 0.242 e. The van der Waals surface area contributed by atoms with Gasteiger partial charge in [0.05, 0.1) is 11.1 Å². The standard InChI is InChI=1S/C18H18O4/c1-3-13-5-9-15(10-6-13)17(19)21-22-18(20)16-11-7-14(4-2)8-12-16/h5-12H,3-4H2,1-2H3. The molecule has 0 atom stereocenters. The van der Waals surface area contributed by atoms with Gasteiger partial charge in [-0.25, -0.2) is 19.4 Å².